The topological polar surface area (TPSA) is 686 Å². The molecule has 2 aromatic rings. The normalized spacial score (nSPS) is 21.5. The summed E-state index contributed by atoms with van der Waals surface area (Å²) in [6.07, 6.45) is -1.45. The Morgan fingerprint density at radius 3 is 1.69 bits per heavy atom. The van der Waals surface area contributed by atoms with Crippen molar-refractivity contribution in [3.8, 4) is 0 Å². The van der Waals surface area contributed by atoms with E-state index >= 15 is 0 Å². The number of carboxylic acid groups (broad SMARTS) is 4. The molecule has 0 saturated carbocycles. The number of hydrogen-bond donors (Lipinski definition) is 21. The molecule has 1 aliphatic carbocycles. The zero-order valence-corrected chi connectivity index (χ0v) is 63.8. The van der Waals surface area contributed by atoms with E-state index < -0.39 is 261 Å². The van der Waals surface area contributed by atoms with Gasteiger partial charge in [-0.25, -0.2) is 4.79 Å². The number of ether oxygens (including phenoxy) is 1. The highest BCUT2D eigenvalue weighted by molar-refractivity contribution is 6.05. The number of anilines is 1. The maximum Gasteiger partial charge on any atom is 0.329 e. The van der Waals surface area contributed by atoms with Crippen molar-refractivity contribution in [1.29, 1.82) is 0 Å². The molecule has 1 heterocycles. The summed E-state index contributed by atoms with van der Waals surface area (Å²) in [5, 5.41) is 78.1. The first-order valence-electron chi connectivity index (χ1n) is 37.0. The molecule has 2 aliphatic rings. The van der Waals surface area contributed by atoms with Crippen molar-refractivity contribution in [3.05, 3.63) is 71.3 Å². The smallest absolute Gasteiger partial charge is 0.329 e. The first-order chi connectivity index (χ1) is 54.4. The Morgan fingerprint density at radius 2 is 1.09 bits per heavy atom. The van der Waals surface area contributed by atoms with Crippen LogP contribution in [0.25, 0.3) is 5.57 Å². The average Bonchev–Trinajstić information content (AvgIpc) is 1.72. The maximum atomic E-state index is 14.8. The molecule has 24 N–H and O–H groups in total. The molecule has 0 aromatic heterocycles. The molecule has 0 unspecified atom stereocenters. The summed E-state index contributed by atoms with van der Waals surface area (Å²) in [6.45, 7) is 1.13. The van der Waals surface area contributed by atoms with Crippen molar-refractivity contribution < 1.29 is 126 Å². The van der Waals surface area contributed by atoms with Gasteiger partial charge in [0, 0.05) is 30.5 Å². The Hall–Kier alpha value is -12.5. The number of Topliss-reactive ketones (excluding diaryl/α,β-unsaturated/α-hetero) is 1. The number of carbonyl (C=O) groups excluding carboxylic acids is 16. The van der Waals surface area contributed by atoms with E-state index in [0.29, 0.717) is 24.8 Å². The number of unbranched alkanes of at least 4 members (excludes halogenated alkanes) is 6. The Kier molecular flexibility index (Phi) is 39.4. The largest absolute Gasteiger partial charge is 0.481 e. The van der Waals surface area contributed by atoms with Crippen LogP contribution in [0.4, 0.5) is 5.69 Å². The van der Waals surface area contributed by atoms with E-state index in [-0.39, 0.29) is 37.1 Å². The van der Waals surface area contributed by atoms with Crippen molar-refractivity contribution in [2.24, 2.45) is 17.4 Å². The van der Waals surface area contributed by atoms with Crippen LogP contribution in [0, 0.1) is 5.92 Å². The fraction of sp³-hybridized carbons (Fsp3) is 0.534. The molecule has 115 heavy (non-hydrogen) atoms. The summed E-state index contributed by atoms with van der Waals surface area (Å²) in [4.78, 5) is 273. The molecule has 1 fully saturated rings. The average molecular weight is 1620 g/mol. The summed E-state index contributed by atoms with van der Waals surface area (Å²) in [6, 6.07) is -10.2. The van der Waals surface area contributed by atoms with Crippen LogP contribution in [0.3, 0.4) is 0 Å². The highest BCUT2D eigenvalue weighted by Gasteiger charge is 2.41. The SMILES string of the molecule is CCCCCCCCCC(=O)N[C@@H](CC1=CCc2ccccc21)C(=O)N[C@@H](CC(N)=O)C(=O)N[C@@H](CC(=O)O)C(=O)N[C@@H]1C(=O)NCC(=O)N[C@@H](CCCN)C(=O)N[C@@H](CC(=O)O)C(=O)N[C@H](C)C(=O)N[C@@H](CC(=O)O)C(=O)NCC(=O)N[C@@H](CO)C(=O)N[C@@H]([C@@H](C)CC(=O)O)C(=O)N[C@@H](CC(=O)c2ccccc2N)C(=O)O[C@H]1C. The third-order valence-electron chi connectivity index (χ3n) is 18.1. The first kappa shape index (κ1) is 94.9. The monoisotopic (exact) mass is 1620 g/mol. The van der Waals surface area contributed by atoms with Gasteiger partial charge < -0.3 is 117 Å². The van der Waals surface area contributed by atoms with E-state index in [4.69, 9.17) is 21.9 Å². The van der Waals surface area contributed by atoms with E-state index in [1.54, 1.807) is 18.2 Å². The minimum absolute atomic E-state index is 0.00297. The number of amides is 14. The van der Waals surface area contributed by atoms with E-state index in [0.717, 1.165) is 64.0 Å². The van der Waals surface area contributed by atoms with Gasteiger partial charge in [0.05, 0.1) is 51.8 Å². The van der Waals surface area contributed by atoms with Gasteiger partial charge in [-0.1, -0.05) is 94.8 Å². The minimum atomic E-state index is -2.44. The standard InChI is InChI=1S/C73H102N16O26/c1-5-6-7-8-9-10-11-22-54(93)81-45(27-40-24-23-39-17-12-13-18-41(39)40)67(108)84-46(29-53(76)92)68(109)86-49(32-60(102)103)69(110)89-62-38(4)115-73(114)50(28-52(91)42-19-14-15-20-43(42)75)87-72(113)61(36(2)26-57(96)97)88-70(111)51(35-90)82-56(95)33-77-64(105)47(30-58(98)99)83-63(104)37(3)79-66(107)48(31-59(100)101)85-65(106)44(21-16-25-74)80-55(94)34-78-71(62)112/h12-15,17-20,24,36-38,44-51,61-62,90H,5-11,16,21-23,25-35,74-75H2,1-4H3,(H2,76,92)(H,77,105)(H,78,112)(H,79,107)(H,80,94)(H,81,93)(H,82,95)(H,83,104)(H,84,108)(H,85,106)(H,86,109)(H,87,113)(H,88,111)(H,89,110)(H,96,97)(H,98,99)(H,100,101)(H,102,103)/t36-,37+,38-,44-,45-,46-,47-,48-,49-,50-,51-,61-,62-/m0/s1. The lowest BCUT2D eigenvalue weighted by Crippen LogP contribution is -2.61. The molecular formula is C73H102N16O26. The molecule has 630 valence electrons. The summed E-state index contributed by atoms with van der Waals surface area (Å²) in [5.41, 5.74) is 19.2. The van der Waals surface area contributed by atoms with Crippen LogP contribution in [0.1, 0.15) is 158 Å². The summed E-state index contributed by atoms with van der Waals surface area (Å²) in [7, 11) is 0. The Labute approximate surface area is 659 Å². The number of aliphatic hydroxyl groups is 1. The molecule has 1 aliphatic heterocycles. The molecule has 4 rings (SSSR count). The number of nitrogens with one attached hydrogen (secondary N) is 13. The van der Waals surface area contributed by atoms with Gasteiger partial charge in [-0.05, 0) is 80.8 Å². The lowest BCUT2D eigenvalue weighted by Gasteiger charge is -2.30. The number of carboxylic acids is 4. The number of rotatable bonds is 35. The summed E-state index contributed by atoms with van der Waals surface area (Å²) >= 11 is 0. The number of carbonyl (C=O) groups is 20. The summed E-state index contributed by atoms with van der Waals surface area (Å²) < 4.78 is 5.68. The van der Waals surface area contributed by atoms with Crippen molar-refractivity contribution in [2.75, 3.05) is 32.0 Å². The highest BCUT2D eigenvalue weighted by atomic mass is 16.5. The third-order valence-corrected chi connectivity index (χ3v) is 18.1. The molecule has 13 atom stereocenters. The van der Waals surface area contributed by atoms with Gasteiger partial charge in [0.25, 0.3) is 0 Å². The molecule has 42 nitrogen and oxygen atoms in total. The van der Waals surface area contributed by atoms with E-state index in [9.17, 15) is 121 Å². The van der Waals surface area contributed by atoms with E-state index in [1.165, 1.54) is 24.3 Å². The fourth-order valence-electron chi connectivity index (χ4n) is 12.0. The molecule has 0 bridgehead atoms. The van der Waals surface area contributed by atoms with Crippen LogP contribution in [0.15, 0.2) is 54.6 Å². The molecular weight excluding hydrogens is 1520 g/mol. The fourth-order valence-corrected chi connectivity index (χ4v) is 12.0. The van der Waals surface area contributed by atoms with Crippen LogP contribution in [0.5, 0.6) is 0 Å². The number of allylic oxidation sites excluding steroid dienone is 1. The number of esters is 1. The van der Waals surface area contributed by atoms with Gasteiger partial charge in [-0.2, -0.15) is 0 Å². The van der Waals surface area contributed by atoms with Gasteiger partial charge in [0.15, 0.2) is 5.78 Å². The van der Waals surface area contributed by atoms with E-state index in [2.05, 4.69) is 60.1 Å². The van der Waals surface area contributed by atoms with Crippen molar-refractivity contribution in [2.45, 2.75) is 216 Å². The number of fused-ring (bicyclic) bond motifs is 1. The quantitative estimate of drug-likeness (QED) is 0.0133. The molecule has 0 spiro atoms. The first-order valence-corrected chi connectivity index (χ1v) is 37.0. The molecule has 14 amide bonds. The number of ketones is 1. The lowest BCUT2D eigenvalue weighted by molar-refractivity contribution is -0.156. The number of primary amides is 1. The summed E-state index contributed by atoms with van der Waals surface area (Å²) in [5.74, 6) is -29.6. The van der Waals surface area contributed by atoms with Gasteiger partial charge in [0.1, 0.15) is 72.6 Å². The van der Waals surface area contributed by atoms with Gasteiger partial charge in [0.2, 0.25) is 82.7 Å². The molecule has 0 radical (unpaired) electrons. The second-order valence-corrected chi connectivity index (χ2v) is 27.5. The maximum absolute atomic E-state index is 14.8. The number of aliphatic carboxylic acids is 4. The van der Waals surface area contributed by atoms with Gasteiger partial charge in [-0.15, -0.1) is 0 Å². The third kappa shape index (κ3) is 32.6. The van der Waals surface area contributed by atoms with Gasteiger partial charge >= 0.3 is 29.8 Å². The predicted octanol–water partition coefficient (Wildman–Crippen LogP) is -5.32. The Morgan fingerprint density at radius 1 is 0.548 bits per heavy atom. The molecule has 1 saturated heterocycles. The highest BCUT2D eigenvalue weighted by Crippen LogP contribution is 2.31. The molecule has 2 aromatic carbocycles. The predicted molar refractivity (Wildman–Crippen MR) is 401 cm³/mol. The Balaban J connectivity index is 1.87. The second kappa shape index (κ2) is 47.8. The van der Waals surface area contributed by atoms with Crippen LogP contribution < -0.4 is 86.3 Å². The number of nitrogens with two attached hydrogens (primary N) is 3. The zero-order chi connectivity index (χ0) is 85.8. The van der Waals surface area contributed by atoms with Crippen LogP contribution in [-0.2, 0) is 102 Å². The van der Waals surface area contributed by atoms with Crippen molar-refractivity contribution >= 4 is 130 Å². The number of cyclic esters (lactones) is 1. The number of benzene rings is 2. The number of nitrogen functional groups attached to an aromatic ring is 1. The lowest BCUT2D eigenvalue weighted by atomic mass is 9.96. The van der Waals surface area contributed by atoms with E-state index in [1.807, 2.05) is 28.1 Å². The van der Waals surface area contributed by atoms with Crippen molar-refractivity contribution in [3.63, 3.8) is 0 Å². The zero-order valence-electron chi connectivity index (χ0n) is 63.8. The number of para-hydroxylation sites is 1. The second-order valence-electron chi connectivity index (χ2n) is 27.5. The van der Waals surface area contributed by atoms with Crippen LogP contribution in [0.2, 0.25) is 0 Å². The number of aliphatic hydroxyl groups excluding tert-OH is 1. The molecule has 42 heteroatoms. The Bertz CT molecular complexity index is 3950. The minimum Gasteiger partial charge on any atom is -0.481 e. The van der Waals surface area contributed by atoms with Crippen LogP contribution in [-0.4, -0.2) is 243 Å². The van der Waals surface area contributed by atoms with Gasteiger partial charge in [-0.3, -0.25) is 91.1 Å². The number of hydrogen-bond acceptors (Lipinski definition) is 24. The van der Waals surface area contributed by atoms with Crippen molar-refractivity contribution in [1.82, 2.24) is 69.1 Å². The van der Waals surface area contributed by atoms with Crippen LogP contribution >= 0.6 is 0 Å².